The van der Waals surface area contributed by atoms with E-state index < -0.39 is 11.7 Å². The second-order valence-corrected chi connectivity index (χ2v) is 4.23. The van der Waals surface area contributed by atoms with Crippen molar-refractivity contribution in [3.63, 3.8) is 0 Å². The zero-order chi connectivity index (χ0) is 10.5. The first-order valence-electron chi connectivity index (χ1n) is 4.75. The van der Waals surface area contributed by atoms with Crippen molar-refractivity contribution in [2.45, 2.75) is 58.7 Å². The first kappa shape index (κ1) is 12.4. The number of aliphatic hydroxyl groups excluding tert-OH is 1. The van der Waals surface area contributed by atoms with E-state index in [2.05, 4.69) is 0 Å². The molecule has 0 saturated heterocycles. The summed E-state index contributed by atoms with van der Waals surface area (Å²) in [6.45, 7) is 7.42. The molecule has 0 bridgehead atoms. The molecular weight excluding hydrogens is 168 g/mol. The average Bonchev–Trinajstić information content (AvgIpc) is 1.81. The van der Waals surface area contributed by atoms with E-state index in [0.717, 1.165) is 6.42 Å². The number of hydrogen-bond donors (Lipinski definition) is 1. The molecule has 0 unspecified atom stereocenters. The number of carbonyl (C=O) groups is 1. The van der Waals surface area contributed by atoms with Crippen molar-refractivity contribution in [1.82, 2.24) is 0 Å². The number of rotatable bonds is 4. The first-order chi connectivity index (χ1) is 5.85. The summed E-state index contributed by atoms with van der Waals surface area (Å²) in [7, 11) is 0. The molecule has 0 amide bonds. The molecule has 13 heavy (non-hydrogen) atoms. The first-order valence-corrected chi connectivity index (χ1v) is 4.75. The maximum Gasteiger partial charge on any atom is 0.308 e. The zero-order valence-electron chi connectivity index (χ0n) is 8.96. The Morgan fingerprint density at radius 2 is 2.00 bits per heavy atom. The van der Waals surface area contributed by atoms with Gasteiger partial charge in [0.05, 0.1) is 12.5 Å². The van der Waals surface area contributed by atoms with Crippen molar-refractivity contribution in [3.8, 4) is 0 Å². The van der Waals surface area contributed by atoms with Gasteiger partial charge in [-0.05, 0) is 27.2 Å². The van der Waals surface area contributed by atoms with E-state index in [0.29, 0.717) is 6.42 Å². The standard InChI is InChI=1S/C10H20O3/c1-5-6-8(11)7-9(12)13-10(2,3)4/h8,11H,5-7H2,1-4H3/t8-/m1/s1. The Hall–Kier alpha value is -0.570. The van der Waals surface area contributed by atoms with Gasteiger partial charge >= 0.3 is 5.97 Å². The molecule has 0 fully saturated rings. The number of carbonyl (C=O) groups excluding carboxylic acids is 1. The van der Waals surface area contributed by atoms with Gasteiger partial charge in [-0.25, -0.2) is 0 Å². The van der Waals surface area contributed by atoms with Gasteiger partial charge in [-0.1, -0.05) is 13.3 Å². The average molecular weight is 188 g/mol. The smallest absolute Gasteiger partial charge is 0.308 e. The van der Waals surface area contributed by atoms with Crippen LogP contribution in [0.15, 0.2) is 0 Å². The molecule has 3 nitrogen and oxygen atoms in total. The van der Waals surface area contributed by atoms with Gasteiger partial charge in [-0.3, -0.25) is 4.79 Å². The number of esters is 1. The van der Waals surface area contributed by atoms with Crippen molar-refractivity contribution in [2.24, 2.45) is 0 Å². The summed E-state index contributed by atoms with van der Waals surface area (Å²) in [5, 5.41) is 9.32. The molecule has 0 heterocycles. The van der Waals surface area contributed by atoms with Gasteiger partial charge in [0.2, 0.25) is 0 Å². The van der Waals surface area contributed by atoms with Gasteiger partial charge in [0, 0.05) is 0 Å². The maximum atomic E-state index is 11.2. The molecule has 0 aromatic carbocycles. The minimum Gasteiger partial charge on any atom is -0.460 e. The predicted molar refractivity (Wildman–Crippen MR) is 51.4 cm³/mol. The van der Waals surface area contributed by atoms with Crippen LogP contribution in [-0.4, -0.2) is 22.8 Å². The Balaban J connectivity index is 3.74. The second kappa shape index (κ2) is 5.22. The fraction of sp³-hybridized carbons (Fsp3) is 0.900. The lowest BCUT2D eigenvalue weighted by Crippen LogP contribution is -2.26. The molecular formula is C10H20O3. The number of ether oxygens (including phenoxy) is 1. The van der Waals surface area contributed by atoms with Crippen molar-refractivity contribution in [2.75, 3.05) is 0 Å². The maximum absolute atomic E-state index is 11.2. The minimum absolute atomic E-state index is 0.102. The molecule has 78 valence electrons. The van der Waals surface area contributed by atoms with E-state index >= 15 is 0 Å². The van der Waals surface area contributed by atoms with Crippen molar-refractivity contribution in [1.29, 1.82) is 0 Å². The van der Waals surface area contributed by atoms with Crippen LogP contribution in [-0.2, 0) is 9.53 Å². The van der Waals surface area contributed by atoms with E-state index in [4.69, 9.17) is 4.74 Å². The molecule has 0 spiro atoms. The topological polar surface area (TPSA) is 46.5 Å². The van der Waals surface area contributed by atoms with Crippen molar-refractivity contribution < 1.29 is 14.6 Å². The zero-order valence-corrected chi connectivity index (χ0v) is 8.96. The van der Waals surface area contributed by atoms with Gasteiger partial charge in [0.15, 0.2) is 0 Å². The number of hydrogen-bond acceptors (Lipinski definition) is 3. The van der Waals surface area contributed by atoms with Crippen LogP contribution >= 0.6 is 0 Å². The van der Waals surface area contributed by atoms with E-state index in [-0.39, 0.29) is 12.4 Å². The van der Waals surface area contributed by atoms with Crippen LogP contribution in [0.25, 0.3) is 0 Å². The minimum atomic E-state index is -0.556. The van der Waals surface area contributed by atoms with E-state index in [9.17, 15) is 9.90 Å². The molecule has 0 aliphatic heterocycles. The van der Waals surface area contributed by atoms with Crippen LogP contribution in [0.1, 0.15) is 47.0 Å². The Morgan fingerprint density at radius 1 is 1.46 bits per heavy atom. The lowest BCUT2D eigenvalue weighted by molar-refractivity contribution is -0.157. The summed E-state index contributed by atoms with van der Waals surface area (Å²) in [6.07, 6.45) is 1.08. The third-order valence-electron chi connectivity index (χ3n) is 1.44. The molecule has 0 aliphatic rings. The summed E-state index contributed by atoms with van der Waals surface area (Å²) in [4.78, 5) is 11.2. The molecule has 0 saturated carbocycles. The number of aliphatic hydroxyl groups is 1. The third-order valence-corrected chi connectivity index (χ3v) is 1.44. The van der Waals surface area contributed by atoms with E-state index in [1.807, 2.05) is 27.7 Å². The lowest BCUT2D eigenvalue weighted by Gasteiger charge is -2.20. The normalized spacial score (nSPS) is 13.9. The third kappa shape index (κ3) is 7.78. The Morgan fingerprint density at radius 3 is 2.38 bits per heavy atom. The van der Waals surface area contributed by atoms with Gasteiger partial charge in [0.25, 0.3) is 0 Å². The SMILES string of the molecule is CCC[C@@H](O)CC(=O)OC(C)(C)C. The Labute approximate surface area is 80.1 Å². The van der Waals surface area contributed by atoms with Crippen LogP contribution in [0.2, 0.25) is 0 Å². The summed E-state index contributed by atoms with van der Waals surface area (Å²) in [5.41, 5.74) is -0.455. The van der Waals surface area contributed by atoms with Gasteiger partial charge < -0.3 is 9.84 Å². The molecule has 0 rings (SSSR count). The molecule has 1 atom stereocenters. The Bertz CT molecular complexity index is 158. The highest BCUT2D eigenvalue weighted by atomic mass is 16.6. The van der Waals surface area contributed by atoms with E-state index in [1.54, 1.807) is 0 Å². The molecule has 1 N–H and O–H groups in total. The fourth-order valence-electron chi connectivity index (χ4n) is 1.01. The highest BCUT2D eigenvalue weighted by Crippen LogP contribution is 2.10. The van der Waals surface area contributed by atoms with Gasteiger partial charge in [-0.2, -0.15) is 0 Å². The summed E-state index contributed by atoms with van der Waals surface area (Å²) < 4.78 is 5.06. The monoisotopic (exact) mass is 188 g/mol. The van der Waals surface area contributed by atoms with Crippen LogP contribution in [0.4, 0.5) is 0 Å². The van der Waals surface area contributed by atoms with Crippen molar-refractivity contribution in [3.05, 3.63) is 0 Å². The fourth-order valence-corrected chi connectivity index (χ4v) is 1.01. The molecule has 0 aliphatic carbocycles. The van der Waals surface area contributed by atoms with E-state index in [1.165, 1.54) is 0 Å². The quantitative estimate of drug-likeness (QED) is 0.685. The predicted octanol–water partition coefficient (Wildman–Crippen LogP) is 1.88. The summed E-state index contributed by atoms with van der Waals surface area (Å²) in [6, 6.07) is 0. The molecule has 3 heteroatoms. The second-order valence-electron chi connectivity index (χ2n) is 4.23. The highest BCUT2D eigenvalue weighted by molar-refractivity contribution is 5.70. The molecule has 0 aromatic heterocycles. The van der Waals surface area contributed by atoms with Crippen molar-refractivity contribution >= 4 is 5.97 Å². The molecule has 0 radical (unpaired) electrons. The summed E-state index contributed by atoms with van der Waals surface area (Å²) >= 11 is 0. The highest BCUT2D eigenvalue weighted by Gasteiger charge is 2.18. The van der Waals surface area contributed by atoms with Crippen LogP contribution in [0.5, 0.6) is 0 Å². The van der Waals surface area contributed by atoms with Crippen LogP contribution in [0.3, 0.4) is 0 Å². The lowest BCUT2D eigenvalue weighted by atomic mass is 10.1. The van der Waals surface area contributed by atoms with Crippen LogP contribution < -0.4 is 0 Å². The van der Waals surface area contributed by atoms with Gasteiger partial charge in [0.1, 0.15) is 5.60 Å². The largest absolute Gasteiger partial charge is 0.460 e. The molecule has 0 aromatic rings. The Kier molecular flexibility index (Phi) is 4.99. The van der Waals surface area contributed by atoms with Crippen LogP contribution in [0, 0.1) is 0 Å². The summed E-state index contributed by atoms with van der Waals surface area (Å²) in [5.74, 6) is -0.326. The van der Waals surface area contributed by atoms with Gasteiger partial charge in [-0.15, -0.1) is 0 Å².